The number of benzene rings is 2. The molecule has 0 bridgehead atoms. The predicted octanol–water partition coefficient (Wildman–Crippen LogP) is 3.71. The quantitative estimate of drug-likeness (QED) is 0.506. The Hall–Kier alpha value is -3.15. The molecule has 1 amide bonds. The summed E-state index contributed by atoms with van der Waals surface area (Å²) in [6.45, 7) is 3.11. The number of aromatic nitrogens is 2. The molecule has 2 N–H and O–H groups in total. The van der Waals surface area contributed by atoms with E-state index in [1.165, 1.54) is 10.5 Å². The van der Waals surface area contributed by atoms with Gasteiger partial charge in [0.25, 0.3) is 5.91 Å². The minimum Gasteiger partial charge on any atom is -0.376 e. The molecule has 0 saturated carbocycles. The number of rotatable bonds is 6. The molecule has 0 unspecified atom stereocenters. The Labute approximate surface area is 214 Å². The third-order valence-electron chi connectivity index (χ3n) is 7.30. The molecule has 196 valence electrons. The molecular formula is C26H28F2N4O4S. The topological polar surface area (TPSA) is 104 Å². The summed E-state index contributed by atoms with van der Waals surface area (Å²) in [6, 6.07) is 10.6. The van der Waals surface area contributed by atoms with Crippen molar-refractivity contribution in [1.82, 2.24) is 19.8 Å². The van der Waals surface area contributed by atoms with Crippen molar-refractivity contribution in [3.05, 3.63) is 88.2 Å². The number of carbonyl (C=O) groups excluding carboxylic acids is 1. The SMILES string of the molecule is Cc1[nH]ncc1C(=O)NC1(c2cc(F)c(CN3[C@@H](C)CC[C@H](c4ccccc4)S3(=O)=O)cc2F)COC1. The second kappa shape index (κ2) is 9.62. The van der Waals surface area contributed by atoms with Crippen LogP contribution in [0.4, 0.5) is 8.78 Å². The van der Waals surface area contributed by atoms with Crippen molar-refractivity contribution in [2.45, 2.75) is 50.1 Å². The molecule has 37 heavy (non-hydrogen) atoms. The summed E-state index contributed by atoms with van der Waals surface area (Å²) in [7, 11) is -3.81. The smallest absolute Gasteiger partial charge is 0.255 e. The zero-order valence-corrected chi connectivity index (χ0v) is 21.3. The predicted molar refractivity (Wildman–Crippen MR) is 132 cm³/mol. The summed E-state index contributed by atoms with van der Waals surface area (Å²) in [5.74, 6) is -1.98. The van der Waals surface area contributed by atoms with Crippen LogP contribution in [0.5, 0.6) is 0 Å². The number of halogens is 2. The molecule has 0 aliphatic carbocycles. The van der Waals surface area contributed by atoms with Crippen molar-refractivity contribution in [2.24, 2.45) is 0 Å². The van der Waals surface area contributed by atoms with Gasteiger partial charge in [0.05, 0.1) is 25.0 Å². The summed E-state index contributed by atoms with van der Waals surface area (Å²) >= 11 is 0. The maximum atomic E-state index is 15.4. The van der Waals surface area contributed by atoms with Gasteiger partial charge in [-0.05, 0) is 44.4 Å². The van der Waals surface area contributed by atoms with E-state index in [1.54, 1.807) is 38.1 Å². The number of H-pyrrole nitrogens is 1. The van der Waals surface area contributed by atoms with Crippen LogP contribution in [-0.4, -0.2) is 48.1 Å². The van der Waals surface area contributed by atoms with Crippen LogP contribution in [0.1, 0.15) is 57.8 Å². The zero-order valence-electron chi connectivity index (χ0n) is 20.5. The second-order valence-corrected chi connectivity index (χ2v) is 11.8. The lowest BCUT2D eigenvalue weighted by molar-refractivity contribution is -0.0750. The van der Waals surface area contributed by atoms with Gasteiger partial charge in [-0.2, -0.15) is 9.40 Å². The summed E-state index contributed by atoms with van der Waals surface area (Å²) < 4.78 is 64.4. The molecule has 3 aromatic rings. The number of hydrogen-bond acceptors (Lipinski definition) is 5. The lowest BCUT2D eigenvalue weighted by atomic mass is 9.86. The molecule has 5 rings (SSSR count). The maximum absolute atomic E-state index is 15.4. The van der Waals surface area contributed by atoms with Gasteiger partial charge < -0.3 is 10.1 Å². The average molecular weight is 531 g/mol. The minimum atomic E-state index is -3.81. The molecule has 0 radical (unpaired) electrons. The first-order valence-corrected chi connectivity index (χ1v) is 13.6. The van der Waals surface area contributed by atoms with Gasteiger partial charge in [0, 0.05) is 29.4 Å². The highest BCUT2D eigenvalue weighted by atomic mass is 32.2. The van der Waals surface area contributed by atoms with Crippen LogP contribution in [0.3, 0.4) is 0 Å². The Morgan fingerprint density at radius 3 is 2.54 bits per heavy atom. The van der Waals surface area contributed by atoms with E-state index in [0.29, 0.717) is 29.7 Å². The van der Waals surface area contributed by atoms with Crippen LogP contribution < -0.4 is 5.32 Å². The highest BCUT2D eigenvalue weighted by Gasteiger charge is 2.45. The van der Waals surface area contributed by atoms with E-state index in [4.69, 9.17) is 4.74 Å². The van der Waals surface area contributed by atoms with Gasteiger partial charge in [0.15, 0.2) is 0 Å². The van der Waals surface area contributed by atoms with E-state index in [9.17, 15) is 13.2 Å². The fourth-order valence-corrected chi connectivity index (χ4v) is 7.25. The number of nitrogens with one attached hydrogen (secondary N) is 2. The van der Waals surface area contributed by atoms with Crippen molar-refractivity contribution in [2.75, 3.05) is 13.2 Å². The number of aromatic amines is 1. The Bertz CT molecular complexity index is 1420. The van der Waals surface area contributed by atoms with Crippen molar-refractivity contribution in [3.63, 3.8) is 0 Å². The molecule has 1 aromatic heterocycles. The third-order valence-corrected chi connectivity index (χ3v) is 9.67. The molecule has 2 aliphatic heterocycles. The maximum Gasteiger partial charge on any atom is 0.255 e. The van der Waals surface area contributed by atoms with Gasteiger partial charge in [-0.15, -0.1) is 0 Å². The van der Waals surface area contributed by atoms with Crippen LogP contribution >= 0.6 is 0 Å². The fraction of sp³-hybridized carbons (Fsp3) is 0.385. The van der Waals surface area contributed by atoms with Crippen molar-refractivity contribution >= 4 is 15.9 Å². The van der Waals surface area contributed by atoms with E-state index >= 15 is 8.78 Å². The van der Waals surface area contributed by atoms with Gasteiger partial charge in [0.1, 0.15) is 22.4 Å². The molecule has 2 saturated heterocycles. The molecule has 2 aromatic carbocycles. The molecule has 2 atom stereocenters. The molecule has 3 heterocycles. The van der Waals surface area contributed by atoms with Crippen LogP contribution in [0.25, 0.3) is 0 Å². The normalized spacial score (nSPS) is 22.8. The van der Waals surface area contributed by atoms with Crippen molar-refractivity contribution < 1.29 is 26.7 Å². The first-order valence-electron chi connectivity index (χ1n) is 12.1. The van der Waals surface area contributed by atoms with E-state index in [1.807, 2.05) is 6.07 Å². The first kappa shape index (κ1) is 25.5. The molecule has 11 heteroatoms. The van der Waals surface area contributed by atoms with Gasteiger partial charge in [-0.1, -0.05) is 30.3 Å². The monoisotopic (exact) mass is 530 g/mol. The van der Waals surface area contributed by atoms with Gasteiger partial charge in [-0.3, -0.25) is 9.89 Å². The Morgan fingerprint density at radius 1 is 1.19 bits per heavy atom. The summed E-state index contributed by atoms with van der Waals surface area (Å²) in [6.07, 6.45) is 2.42. The Balaban J connectivity index is 1.42. The number of nitrogens with zero attached hydrogens (tertiary/aromatic N) is 2. The molecular weight excluding hydrogens is 502 g/mol. The Morgan fingerprint density at radius 2 is 1.92 bits per heavy atom. The third kappa shape index (κ3) is 4.55. The van der Waals surface area contributed by atoms with Gasteiger partial charge >= 0.3 is 0 Å². The highest BCUT2D eigenvalue weighted by molar-refractivity contribution is 7.89. The fourth-order valence-electron chi connectivity index (χ4n) is 5.06. The highest BCUT2D eigenvalue weighted by Crippen LogP contribution is 2.39. The number of ether oxygens (including phenoxy) is 1. The number of amides is 1. The van der Waals surface area contributed by atoms with Crippen molar-refractivity contribution in [1.29, 1.82) is 0 Å². The molecule has 8 nitrogen and oxygen atoms in total. The standard InChI is InChI=1S/C26H28F2N4O4S/c1-16-8-9-24(18-6-4-3-5-7-18)37(34,35)32(16)13-19-10-23(28)21(11-22(19)27)26(14-36-15-26)30-25(33)20-12-29-31-17(20)2/h3-7,10-12,16,24H,8-9,13-15H2,1-2H3,(H,29,31)(H,30,33)/t16-,24+/m0/s1. The van der Waals surface area contributed by atoms with Crippen molar-refractivity contribution in [3.8, 4) is 0 Å². The van der Waals surface area contributed by atoms with E-state index in [-0.39, 0.29) is 36.9 Å². The van der Waals surface area contributed by atoms with Gasteiger partial charge in [0.2, 0.25) is 10.0 Å². The number of carbonyl (C=O) groups is 1. The van der Waals surface area contributed by atoms with E-state index < -0.39 is 38.4 Å². The lowest BCUT2D eigenvalue weighted by Gasteiger charge is -2.42. The van der Waals surface area contributed by atoms with Crippen LogP contribution in [0, 0.1) is 18.6 Å². The van der Waals surface area contributed by atoms with Gasteiger partial charge in [-0.25, -0.2) is 17.2 Å². The number of sulfonamides is 1. The van der Waals surface area contributed by atoms with Crippen LogP contribution in [0.2, 0.25) is 0 Å². The largest absolute Gasteiger partial charge is 0.376 e. The van der Waals surface area contributed by atoms with E-state index in [0.717, 1.165) is 12.1 Å². The molecule has 2 aliphatic rings. The zero-order chi connectivity index (χ0) is 26.4. The number of hydrogen-bond donors (Lipinski definition) is 2. The van der Waals surface area contributed by atoms with E-state index in [2.05, 4.69) is 15.5 Å². The Kier molecular flexibility index (Phi) is 6.63. The summed E-state index contributed by atoms with van der Waals surface area (Å²) in [5, 5.41) is 8.52. The number of aryl methyl sites for hydroxylation is 1. The first-order chi connectivity index (χ1) is 17.6. The molecule has 0 spiro atoms. The molecule has 2 fully saturated rings. The summed E-state index contributed by atoms with van der Waals surface area (Å²) in [4.78, 5) is 12.8. The lowest BCUT2D eigenvalue weighted by Crippen LogP contribution is -2.59. The van der Waals surface area contributed by atoms with Crippen LogP contribution in [0.15, 0.2) is 48.7 Å². The van der Waals surface area contributed by atoms with Crippen LogP contribution in [-0.2, 0) is 26.8 Å². The average Bonchev–Trinajstić information content (AvgIpc) is 3.27. The summed E-state index contributed by atoms with van der Waals surface area (Å²) in [5.41, 5.74) is 0.148. The second-order valence-electron chi connectivity index (χ2n) is 9.78. The minimum absolute atomic E-state index is 0.0262.